The van der Waals surface area contributed by atoms with E-state index in [1.54, 1.807) is 19.2 Å². The second-order valence-electron chi connectivity index (χ2n) is 10.8. The van der Waals surface area contributed by atoms with Crippen molar-refractivity contribution in [3.63, 3.8) is 0 Å². The van der Waals surface area contributed by atoms with Crippen LogP contribution in [0.2, 0.25) is 0 Å². The van der Waals surface area contributed by atoms with E-state index in [0.717, 1.165) is 37.1 Å². The molecule has 1 aliphatic heterocycles. The molecule has 6 nitrogen and oxygen atoms in total. The smallest absolute Gasteiger partial charge is 0.255 e. The van der Waals surface area contributed by atoms with Crippen LogP contribution in [0.3, 0.4) is 0 Å². The Labute approximate surface area is 233 Å². The SMILES string of the molecule is CNC(=O)c1c(-c2ccc(F)cc2)oc2ccc(-c3cc(C(=O)CCC(C)C)ccc3OCC3CCNC3)cc12. The van der Waals surface area contributed by atoms with Crippen molar-refractivity contribution >= 4 is 22.7 Å². The fraction of sp³-hybridized carbons (Fsp3) is 0.333. The Morgan fingerprint density at radius 2 is 1.85 bits per heavy atom. The molecule has 0 spiro atoms. The maximum atomic E-state index is 13.6. The third-order valence-electron chi connectivity index (χ3n) is 7.45. The Hall–Kier alpha value is -3.97. The van der Waals surface area contributed by atoms with E-state index in [1.165, 1.54) is 12.1 Å². The van der Waals surface area contributed by atoms with Crippen LogP contribution in [0.15, 0.2) is 65.1 Å². The number of benzene rings is 3. The fourth-order valence-corrected chi connectivity index (χ4v) is 5.10. The number of carbonyl (C=O) groups is 2. The monoisotopic (exact) mass is 542 g/mol. The van der Waals surface area contributed by atoms with Crippen LogP contribution in [-0.2, 0) is 0 Å². The first-order valence-corrected chi connectivity index (χ1v) is 13.9. The summed E-state index contributed by atoms with van der Waals surface area (Å²) in [4.78, 5) is 26.1. The number of nitrogens with one attached hydrogen (secondary N) is 2. The first kappa shape index (κ1) is 27.6. The number of Topliss-reactive ketones (excluding diaryl/α,β-unsaturated/α-hetero) is 1. The van der Waals surface area contributed by atoms with Gasteiger partial charge in [-0.1, -0.05) is 19.9 Å². The molecule has 1 aromatic heterocycles. The van der Waals surface area contributed by atoms with E-state index in [1.807, 2.05) is 36.4 Å². The average Bonchev–Trinajstić information content (AvgIpc) is 3.62. The molecule has 208 valence electrons. The van der Waals surface area contributed by atoms with Crippen molar-refractivity contribution in [1.29, 1.82) is 0 Å². The van der Waals surface area contributed by atoms with Crippen molar-refractivity contribution in [2.24, 2.45) is 11.8 Å². The summed E-state index contributed by atoms with van der Waals surface area (Å²) in [5.41, 5.74) is 3.74. The molecule has 1 atom stereocenters. The number of hydrogen-bond acceptors (Lipinski definition) is 5. The molecule has 0 aliphatic carbocycles. The van der Waals surface area contributed by atoms with Gasteiger partial charge in [0.05, 0.1) is 12.2 Å². The van der Waals surface area contributed by atoms with E-state index < -0.39 is 0 Å². The Balaban J connectivity index is 1.59. The standard InChI is InChI=1S/C33H35FN2O4/c1-20(2)4-11-28(37)24-8-12-29(39-19-21-14-15-36-18-21)26(17-24)23-7-13-30-27(16-23)31(33(38)35-3)32(40-30)22-5-9-25(34)10-6-22/h5-10,12-13,16-17,20-21,36H,4,11,14-15,18-19H2,1-3H3,(H,35,38). The van der Waals surface area contributed by atoms with Crippen LogP contribution in [0.5, 0.6) is 5.75 Å². The number of amides is 1. The van der Waals surface area contributed by atoms with Crippen LogP contribution < -0.4 is 15.4 Å². The van der Waals surface area contributed by atoms with Crippen molar-refractivity contribution in [2.45, 2.75) is 33.1 Å². The summed E-state index contributed by atoms with van der Waals surface area (Å²) in [5.74, 6) is 1.34. The van der Waals surface area contributed by atoms with Gasteiger partial charge in [0.1, 0.15) is 22.9 Å². The molecule has 1 unspecified atom stereocenters. The predicted octanol–water partition coefficient (Wildman–Crippen LogP) is 6.87. The van der Waals surface area contributed by atoms with Crippen molar-refractivity contribution in [2.75, 3.05) is 26.7 Å². The molecule has 7 heteroatoms. The minimum absolute atomic E-state index is 0.0931. The lowest BCUT2D eigenvalue weighted by Gasteiger charge is -2.16. The van der Waals surface area contributed by atoms with Crippen LogP contribution in [-0.4, -0.2) is 38.4 Å². The zero-order chi connectivity index (χ0) is 28.2. The van der Waals surface area contributed by atoms with Gasteiger partial charge in [-0.2, -0.15) is 0 Å². The number of fused-ring (bicyclic) bond motifs is 1. The van der Waals surface area contributed by atoms with Crippen LogP contribution in [0.1, 0.15) is 53.8 Å². The zero-order valence-corrected chi connectivity index (χ0v) is 23.2. The molecule has 3 aromatic carbocycles. The van der Waals surface area contributed by atoms with E-state index in [2.05, 4.69) is 24.5 Å². The first-order valence-electron chi connectivity index (χ1n) is 13.9. The molecule has 1 aliphatic rings. The van der Waals surface area contributed by atoms with E-state index in [4.69, 9.17) is 9.15 Å². The molecule has 1 fully saturated rings. The molecular weight excluding hydrogens is 507 g/mol. The van der Waals surface area contributed by atoms with Crippen LogP contribution >= 0.6 is 0 Å². The largest absolute Gasteiger partial charge is 0.493 e. The molecule has 2 heterocycles. The van der Waals surface area contributed by atoms with Gasteiger partial charge in [0.25, 0.3) is 5.91 Å². The topological polar surface area (TPSA) is 80.6 Å². The Bertz CT molecular complexity index is 1520. The van der Waals surface area contributed by atoms with Gasteiger partial charge < -0.3 is 19.8 Å². The molecule has 0 bridgehead atoms. The first-order chi connectivity index (χ1) is 19.3. The predicted molar refractivity (Wildman–Crippen MR) is 155 cm³/mol. The Morgan fingerprint density at radius 3 is 2.55 bits per heavy atom. The summed E-state index contributed by atoms with van der Waals surface area (Å²) in [6.45, 7) is 6.70. The highest BCUT2D eigenvalue weighted by Crippen LogP contribution is 2.39. The third-order valence-corrected chi connectivity index (χ3v) is 7.45. The quantitative estimate of drug-likeness (QED) is 0.214. The minimum Gasteiger partial charge on any atom is -0.493 e. The number of carbonyl (C=O) groups excluding carboxylic acids is 2. The summed E-state index contributed by atoms with van der Waals surface area (Å²) in [6.07, 6.45) is 2.36. The lowest BCUT2D eigenvalue weighted by molar-refractivity contribution is 0.0960. The van der Waals surface area contributed by atoms with Crippen molar-refractivity contribution < 1.29 is 23.1 Å². The molecular formula is C33H35FN2O4. The molecule has 0 radical (unpaired) electrons. The highest BCUT2D eigenvalue weighted by molar-refractivity contribution is 6.12. The van der Waals surface area contributed by atoms with Crippen LogP contribution in [0, 0.1) is 17.7 Å². The van der Waals surface area contributed by atoms with Gasteiger partial charge in [-0.25, -0.2) is 4.39 Å². The van der Waals surface area contributed by atoms with Crippen LogP contribution in [0.4, 0.5) is 4.39 Å². The summed E-state index contributed by atoms with van der Waals surface area (Å²) >= 11 is 0. The number of halogens is 1. The van der Waals surface area contributed by atoms with Gasteiger partial charge in [0, 0.05) is 48.0 Å². The van der Waals surface area contributed by atoms with Gasteiger partial charge >= 0.3 is 0 Å². The summed E-state index contributed by atoms with van der Waals surface area (Å²) < 4.78 is 26.0. The van der Waals surface area contributed by atoms with Gasteiger partial charge in [0.15, 0.2) is 5.78 Å². The fourth-order valence-electron chi connectivity index (χ4n) is 5.10. The zero-order valence-electron chi connectivity index (χ0n) is 23.2. The number of rotatable bonds is 10. The maximum Gasteiger partial charge on any atom is 0.255 e. The van der Waals surface area contributed by atoms with Gasteiger partial charge in [-0.05, 0) is 85.5 Å². The Morgan fingerprint density at radius 1 is 1.07 bits per heavy atom. The molecule has 4 aromatic rings. The van der Waals surface area contributed by atoms with Gasteiger partial charge in [0.2, 0.25) is 0 Å². The molecule has 0 saturated carbocycles. The van der Waals surface area contributed by atoms with Crippen molar-refractivity contribution in [3.05, 3.63) is 77.6 Å². The number of furan rings is 1. The summed E-state index contributed by atoms with van der Waals surface area (Å²) in [5, 5.41) is 6.70. The van der Waals surface area contributed by atoms with Crippen molar-refractivity contribution in [3.8, 4) is 28.2 Å². The summed E-state index contributed by atoms with van der Waals surface area (Å²) in [6, 6.07) is 17.1. The van der Waals surface area contributed by atoms with Crippen molar-refractivity contribution in [1.82, 2.24) is 10.6 Å². The van der Waals surface area contributed by atoms with Gasteiger partial charge in [-0.3, -0.25) is 9.59 Å². The maximum absolute atomic E-state index is 13.6. The summed E-state index contributed by atoms with van der Waals surface area (Å²) in [7, 11) is 1.57. The Kier molecular flexibility index (Phi) is 8.31. The van der Waals surface area contributed by atoms with E-state index in [9.17, 15) is 14.0 Å². The molecule has 1 amide bonds. The third kappa shape index (κ3) is 5.94. The van der Waals surface area contributed by atoms with E-state index >= 15 is 0 Å². The van der Waals surface area contributed by atoms with Crippen LogP contribution in [0.25, 0.3) is 33.4 Å². The lowest BCUT2D eigenvalue weighted by atomic mass is 9.95. The average molecular weight is 543 g/mol. The van der Waals surface area contributed by atoms with Gasteiger partial charge in [-0.15, -0.1) is 0 Å². The molecule has 1 saturated heterocycles. The lowest BCUT2D eigenvalue weighted by Crippen LogP contribution is -2.18. The second kappa shape index (κ2) is 12.0. The van der Waals surface area contributed by atoms with E-state index in [-0.39, 0.29) is 17.5 Å². The highest BCUT2D eigenvalue weighted by Gasteiger charge is 2.23. The van der Waals surface area contributed by atoms with E-state index in [0.29, 0.717) is 64.0 Å². The highest BCUT2D eigenvalue weighted by atomic mass is 19.1. The second-order valence-corrected chi connectivity index (χ2v) is 10.8. The molecule has 2 N–H and O–H groups in total. The minimum atomic E-state index is -0.368. The number of ether oxygens (including phenoxy) is 1. The molecule has 5 rings (SSSR count). The number of ketones is 1. The molecule has 40 heavy (non-hydrogen) atoms. The normalized spacial score (nSPS) is 15.1. The number of hydrogen-bond donors (Lipinski definition) is 2.